The van der Waals surface area contributed by atoms with E-state index in [0.717, 1.165) is 17.1 Å². The first-order chi connectivity index (χ1) is 11.3. The number of hydrogen-bond donors (Lipinski definition) is 1. The van der Waals surface area contributed by atoms with Gasteiger partial charge in [-0.2, -0.15) is 0 Å². The van der Waals surface area contributed by atoms with E-state index >= 15 is 0 Å². The van der Waals surface area contributed by atoms with Crippen LogP contribution in [-0.2, 0) is 11.2 Å². The lowest BCUT2D eigenvalue weighted by Gasteiger charge is -2.25. The van der Waals surface area contributed by atoms with Gasteiger partial charge in [0.2, 0.25) is 5.91 Å². The van der Waals surface area contributed by atoms with Gasteiger partial charge in [0, 0.05) is 12.8 Å². The van der Waals surface area contributed by atoms with E-state index in [0.29, 0.717) is 12.8 Å². The summed E-state index contributed by atoms with van der Waals surface area (Å²) in [6.45, 7) is 0. The number of para-hydroxylation sites is 2. The molecule has 0 aliphatic heterocycles. The van der Waals surface area contributed by atoms with Gasteiger partial charge in [0.15, 0.2) is 0 Å². The van der Waals surface area contributed by atoms with E-state index in [1.54, 1.807) is 11.3 Å². The van der Waals surface area contributed by atoms with Gasteiger partial charge in [-0.25, -0.2) is 0 Å². The number of hydrazine groups is 1. The summed E-state index contributed by atoms with van der Waals surface area (Å²) in [6.07, 6.45) is 2.56. The van der Waals surface area contributed by atoms with Crippen molar-refractivity contribution in [1.29, 1.82) is 0 Å². The highest BCUT2D eigenvalue weighted by molar-refractivity contribution is 5.80. The molecule has 0 bridgehead atoms. The van der Waals surface area contributed by atoms with Gasteiger partial charge in [0.1, 0.15) is 5.76 Å². The topological polar surface area (TPSA) is 45.5 Å². The Morgan fingerprint density at radius 2 is 1.48 bits per heavy atom. The van der Waals surface area contributed by atoms with Crippen molar-refractivity contribution >= 4 is 17.3 Å². The average molecular weight is 306 g/mol. The fourth-order valence-electron chi connectivity index (χ4n) is 2.30. The van der Waals surface area contributed by atoms with Gasteiger partial charge in [0.25, 0.3) is 0 Å². The smallest absolute Gasteiger partial charge is 0.239 e. The molecule has 0 saturated heterocycles. The van der Waals surface area contributed by atoms with Crippen LogP contribution < -0.4 is 10.4 Å². The zero-order valence-corrected chi connectivity index (χ0v) is 12.7. The molecule has 4 nitrogen and oxygen atoms in total. The highest BCUT2D eigenvalue weighted by Crippen LogP contribution is 2.22. The predicted octanol–water partition coefficient (Wildman–Crippen LogP) is 4.08. The second-order valence-electron chi connectivity index (χ2n) is 5.12. The molecule has 0 unspecified atom stereocenters. The van der Waals surface area contributed by atoms with Crippen LogP contribution in [0.2, 0.25) is 0 Å². The molecular weight excluding hydrogens is 288 g/mol. The number of furan rings is 1. The number of aryl methyl sites for hydroxylation is 1. The number of nitrogens with zero attached hydrogens (tertiary/aromatic N) is 1. The summed E-state index contributed by atoms with van der Waals surface area (Å²) in [5.41, 5.74) is 4.78. The summed E-state index contributed by atoms with van der Waals surface area (Å²) >= 11 is 0. The first-order valence-electron chi connectivity index (χ1n) is 7.55. The van der Waals surface area contributed by atoms with Crippen LogP contribution in [-0.4, -0.2) is 5.91 Å². The van der Waals surface area contributed by atoms with Gasteiger partial charge in [0.05, 0.1) is 17.6 Å². The summed E-state index contributed by atoms with van der Waals surface area (Å²) in [4.78, 5) is 12.3. The van der Waals surface area contributed by atoms with E-state index in [4.69, 9.17) is 4.42 Å². The molecule has 1 aromatic heterocycles. The van der Waals surface area contributed by atoms with Crippen molar-refractivity contribution in [2.45, 2.75) is 12.8 Å². The third-order valence-electron chi connectivity index (χ3n) is 3.44. The molecule has 4 heteroatoms. The second-order valence-corrected chi connectivity index (χ2v) is 5.12. The molecule has 1 heterocycles. The lowest BCUT2D eigenvalue weighted by Crippen LogP contribution is -2.39. The van der Waals surface area contributed by atoms with Gasteiger partial charge in [-0.05, 0) is 36.4 Å². The van der Waals surface area contributed by atoms with Crippen LogP contribution in [0.5, 0.6) is 0 Å². The van der Waals surface area contributed by atoms with Crippen molar-refractivity contribution in [3.05, 3.63) is 84.8 Å². The highest BCUT2D eigenvalue weighted by atomic mass is 16.3. The molecule has 0 aliphatic carbocycles. The Hall–Kier alpha value is -3.01. The van der Waals surface area contributed by atoms with Gasteiger partial charge in [-0.15, -0.1) is 0 Å². The van der Waals surface area contributed by atoms with Crippen LogP contribution in [0, 0.1) is 0 Å². The van der Waals surface area contributed by atoms with Gasteiger partial charge >= 0.3 is 0 Å². The van der Waals surface area contributed by atoms with Crippen molar-refractivity contribution < 1.29 is 9.21 Å². The van der Waals surface area contributed by atoms with Crippen molar-refractivity contribution in [3.8, 4) is 0 Å². The van der Waals surface area contributed by atoms with Crippen LogP contribution in [0.4, 0.5) is 11.4 Å². The van der Waals surface area contributed by atoms with E-state index in [1.165, 1.54) is 0 Å². The minimum Gasteiger partial charge on any atom is -0.469 e. The largest absolute Gasteiger partial charge is 0.469 e. The molecule has 0 aliphatic rings. The van der Waals surface area contributed by atoms with Gasteiger partial charge < -0.3 is 4.42 Å². The molecule has 0 spiro atoms. The minimum atomic E-state index is -0.0610. The van der Waals surface area contributed by atoms with Gasteiger partial charge in [-0.3, -0.25) is 15.2 Å². The van der Waals surface area contributed by atoms with Gasteiger partial charge in [-0.1, -0.05) is 36.4 Å². The molecular formula is C19H18N2O2. The van der Waals surface area contributed by atoms with Crippen molar-refractivity contribution in [3.63, 3.8) is 0 Å². The molecule has 3 rings (SSSR count). The molecule has 0 fully saturated rings. The second kappa shape index (κ2) is 7.31. The Labute approximate surface area is 135 Å². The quantitative estimate of drug-likeness (QED) is 0.698. The summed E-state index contributed by atoms with van der Waals surface area (Å²) < 4.78 is 5.26. The Balaban J connectivity index is 1.72. The molecule has 0 saturated carbocycles. The predicted molar refractivity (Wildman–Crippen MR) is 90.2 cm³/mol. The fourth-order valence-corrected chi connectivity index (χ4v) is 2.30. The molecule has 3 aromatic rings. The number of benzene rings is 2. The minimum absolute atomic E-state index is 0.0610. The van der Waals surface area contributed by atoms with E-state index < -0.39 is 0 Å². The summed E-state index contributed by atoms with van der Waals surface area (Å²) in [6, 6.07) is 23.2. The van der Waals surface area contributed by atoms with E-state index in [1.807, 2.05) is 72.8 Å². The van der Waals surface area contributed by atoms with Crippen LogP contribution in [0.1, 0.15) is 12.2 Å². The number of nitrogens with one attached hydrogen (secondary N) is 1. The Kier molecular flexibility index (Phi) is 4.74. The third-order valence-corrected chi connectivity index (χ3v) is 3.44. The number of anilines is 2. The summed E-state index contributed by atoms with van der Waals surface area (Å²) in [5, 5.41) is 1.80. The third kappa shape index (κ3) is 4.01. The molecule has 23 heavy (non-hydrogen) atoms. The molecule has 0 atom stereocenters. The van der Waals surface area contributed by atoms with Crippen molar-refractivity contribution in [2.75, 3.05) is 5.01 Å². The molecule has 1 N–H and O–H groups in total. The zero-order valence-electron chi connectivity index (χ0n) is 12.7. The molecule has 2 aromatic carbocycles. The van der Waals surface area contributed by atoms with E-state index in [-0.39, 0.29) is 5.91 Å². The molecule has 0 radical (unpaired) electrons. The van der Waals surface area contributed by atoms with Crippen LogP contribution in [0.3, 0.4) is 0 Å². The summed E-state index contributed by atoms with van der Waals surface area (Å²) in [7, 11) is 0. The lowest BCUT2D eigenvalue weighted by molar-refractivity contribution is -0.121. The molecule has 116 valence electrons. The van der Waals surface area contributed by atoms with Crippen molar-refractivity contribution in [1.82, 2.24) is 5.43 Å². The van der Waals surface area contributed by atoms with Crippen LogP contribution >= 0.6 is 0 Å². The number of amides is 1. The summed E-state index contributed by atoms with van der Waals surface area (Å²) in [5.74, 6) is 0.750. The molecule has 1 amide bonds. The van der Waals surface area contributed by atoms with Crippen LogP contribution in [0.15, 0.2) is 83.5 Å². The average Bonchev–Trinajstić information content (AvgIpc) is 3.13. The van der Waals surface area contributed by atoms with Crippen molar-refractivity contribution in [2.24, 2.45) is 0 Å². The fraction of sp³-hybridized carbons (Fsp3) is 0.105. The lowest BCUT2D eigenvalue weighted by atomic mass is 10.2. The monoisotopic (exact) mass is 306 g/mol. The standard InChI is InChI=1S/C19H18N2O2/c22-19(14-13-18-12-7-15-23-18)20-21(16-8-3-1-4-9-16)17-10-5-2-6-11-17/h1-12,15H,13-14H2,(H,20,22). The Morgan fingerprint density at radius 1 is 0.870 bits per heavy atom. The highest BCUT2D eigenvalue weighted by Gasteiger charge is 2.12. The number of hydrogen-bond acceptors (Lipinski definition) is 3. The maximum absolute atomic E-state index is 12.3. The number of rotatable bonds is 6. The number of carbonyl (C=O) groups excluding carboxylic acids is 1. The van der Waals surface area contributed by atoms with E-state index in [2.05, 4.69) is 5.43 Å². The van der Waals surface area contributed by atoms with Crippen LogP contribution in [0.25, 0.3) is 0 Å². The van der Waals surface area contributed by atoms with E-state index in [9.17, 15) is 4.79 Å². The maximum atomic E-state index is 12.3. The Bertz CT molecular complexity index is 685. The SMILES string of the molecule is O=C(CCc1ccco1)NN(c1ccccc1)c1ccccc1. The first-order valence-corrected chi connectivity index (χ1v) is 7.55. The normalized spacial score (nSPS) is 10.3. The number of carbonyl (C=O) groups is 1. The first kappa shape index (κ1) is 14.9. The zero-order chi connectivity index (χ0) is 15.9. The Morgan fingerprint density at radius 3 is 2.00 bits per heavy atom. The maximum Gasteiger partial charge on any atom is 0.239 e.